The minimum absolute atomic E-state index is 0.0961. The van der Waals surface area contributed by atoms with Crippen molar-refractivity contribution < 1.29 is 38.6 Å². The van der Waals surface area contributed by atoms with Gasteiger partial charge in [-0.3, -0.25) is 9.59 Å². The summed E-state index contributed by atoms with van der Waals surface area (Å²) in [6, 6.07) is 26.3. The first-order chi connectivity index (χ1) is 30.6. The molecule has 2 amide bonds. The van der Waals surface area contributed by atoms with Crippen LogP contribution in [0.2, 0.25) is 15.1 Å². The monoisotopic (exact) mass is 974 g/mol. The number of aromatic amines is 3. The number of hydrogen-bond donors (Lipinski definition) is 5. The van der Waals surface area contributed by atoms with Gasteiger partial charge in [-0.1, -0.05) is 34.8 Å². The summed E-state index contributed by atoms with van der Waals surface area (Å²) in [7, 11) is 0. The number of halogens is 5. The van der Waals surface area contributed by atoms with Gasteiger partial charge in [-0.15, -0.1) is 23.2 Å². The quantitative estimate of drug-likeness (QED) is 0.0522. The zero-order valence-electron chi connectivity index (χ0n) is 35.2. The Morgan fingerprint density at radius 1 is 0.578 bits per heavy atom. The standard InChI is InChI=1S/C16H17ClN2O3.C14H13ClN2O3.C14H15ClN2O2.CH2Cl2/c1-3-22-16(21)15-8-12(9-18-15)10-19(11(2)20)14-6-4-13(17)5-7-14;1-9(18)17(12-4-2-11(15)3-5-12)8-10-6-13(14(19)20)16-7-10;1-2-19-14(18)13-7-10(9-17-13)8-16-12-5-3-11(15)4-6-12;2-1-3/h4-9,18H,3,10H2,1-2H3;2-7,16H,8H2,1H3,(H,19,20);3-7,9,16-17H,2,8H2,1H3;1H2. The maximum Gasteiger partial charge on any atom is 0.354 e. The van der Waals surface area contributed by atoms with E-state index in [1.165, 1.54) is 19.9 Å². The number of carbonyl (C=O) groups excluding carboxylic acids is 4. The first-order valence-electron chi connectivity index (χ1n) is 19.4. The number of amides is 2. The second kappa shape index (κ2) is 27.3. The first-order valence-corrected chi connectivity index (χ1v) is 21.6. The minimum atomic E-state index is -1.03. The number of aromatic nitrogens is 3. The molecule has 0 aliphatic rings. The van der Waals surface area contributed by atoms with Gasteiger partial charge in [0.15, 0.2) is 0 Å². The van der Waals surface area contributed by atoms with Gasteiger partial charge in [0.1, 0.15) is 17.1 Å². The smallest absolute Gasteiger partial charge is 0.354 e. The number of carbonyl (C=O) groups is 5. The Morgan fingerprint density at radius 2 is 0.922 bits per heavy atom. The van der Waals surface area contributed by atoms with E-state index >= 15 is 0 Å². The Hall–Kier alpha value is -5.90. The van der Waals surface area contributed by atoms with E-state index in [1.807, 2.05) is 24.3 Å². The van der Waals surface area contributed by atoms with Crippen LogP contribution in [0, 0.1) is 0 Å². The molecule has 340 valence electrons. The van der Waals surface area contributed by atoms with Crippen LogP contribution < -0.4 is 15.1 Å². The van der Waals surface area contributed by atoms with E-state index in [0.29, 0.717) is 70.6 Å². The number of alkyl halides is 2. The highest BCUT2D eigenvalue weighted by atomic mass is 35.5. The maximum absolute atomic E-state index is 11.9. The molecule has 0 bridgehead atoms. The highest BCUT2D eigenvalue weighted by Gasteiger charge is 2.17. The molecular weight excluding hydrogens is 930 g/mol. The lowest BCUT2D eigenvalue weighted by atomic mass is 10.2. The Morgan fingerprint density at radius 3 is 1.28 bits per heavy atom. The molecule has 0 aliphatic heterocycles. The summed E-state index contributed by atoms with van der Waals surface area (Å²) in [6.45, 7) is 8.44. The van der Waals surface area contributed by atoms with Crippen LogP contribution in [0.4, 0.5) is 17.1 Å². The SMILES string of the molecule is CC(=O)N(Cc1c[nH]c(C(=O)O)c1)c1ccc(Cl)cc1.CCOC(=O)c1cc(CN(C(C)=O)c2ccc(Cl)cc2)c[nH]1.CCOC(=O)c1cc(CNc2ccc(Cl)cc2)c[nH]1.ClCCl. The van der Waals surface area contributed by atoms with Gasteiger partial charge in [0.25, 0.3) is 0 Å². The van der Waals surface area contributed by atoms with Gasteiger partial charge in [-0.25, -0.2) is 14.4 Å². The molecule has 0 unspecified atom stereocenters. The molecule has 0 atom stereocenters. The summed E-state index contributed by atoms with van der Waals surface area (Å²) in [4.78, 5) is 69.1. The van der Waals surface area contributed by atoms with Crippen molar-refractivity contribution in [2.24, 2.45) is 0 Å². The van der Waals surface area contributed by atoms with Crippen LogP contribution in [-0.4, -0.2) is 68.3 Å². The van der Waals surface area contributed by atoms with Gasteiger partial charge in [0.2, 0.25) is 11.8 Å². The van der Waals surface area contributed by atoms with Gasteiger partial charge in [0.05, 0.1) is 31.6 Å². The predicted molar refractivity (Wildman–Crippen MR) is 253 cm³/mol. The number of esters is 2. The number of benzene rings is 3. The molecule has 6 rings (SSSR count). The van der Waals surface area contributed by atoms with Crippen molar-refractivity contribution in [3.05, 3.63) is 158 Å². The van der Waals surface area contributed by atoms with Gasteiger partial charge in [0, 0.05) is 71.1 Å². The Bertz CT molecular complexity index is 2400. The van der Waals surface area contributed by atoms with Gasteiger partial charge in [-0.2, -0.15) is 0 Å². The molecule has 0 saturated carbocycles. The van der Waals surface area contributed by atoms with Crippen molar-refractivity contribution in [1.29, 1.82) is 0 Å². The average Bonchev–Trinajstić information content (AvgIpc) is 4.06. The second-order valence-corrected chi connectivity index (χ2v) is 15.3. The van der Waals surface area contributed by atoms with Crippen LogP contribution in [0.1, 0.15) is 75.9 Å². The number of anilines is 3. The fraction of sp³-hybridized carbons (Fsp3) is 0.222. The number of aromatic carboxylic acids is 1. The number of nitrogens with zero attached hydrogens (tertiary/aromatic N) is 2. The minimum Gasteiger partial charge on any atom is -0.477 e. The molecule has 5 N–H and O–H groups in total. The summed E-state index contributed by atoms with van der Waals surface area (Å²) in [5.41, 5.74) is 5.88. The summed E-state index contributed by atoms with van der Waals surface area (Å²) < 4.78 is 9.84. The lowest BCUT2D eigenvalue weighted by Gasteiger charge is -2.20. The Balaban J connectivity index is 0.000000248. The third-order valence-corrected chi connectivity index (χ3v) is 9.26. The lowest BCUT2D eigenvalue weighted by Crippen LogP contribution is -2.27. The second-order valence-electron chi connectivity index (χ2n) is 13.1. The van der Waals surface area contributed by atoms with E-state index in [2.05, 4.69) is 20.3 Å². The number of nitrogens with one attached hydrogen (secondary N) is 4. The first kappa shape index (κ1) is 52.4. The molecule has 64 heavy (non-hydrogen) atoms. The van der Waals surface area contributed by atoms with E-state index in [9.17, 15) is 24.0 Å². The van der Waals surface area contributed by atoms with Crippen LogP contribution >= 0.6 is 58.0 Å². The molecule has 0 fully saturated rings. The third kappa shape index (κ3) is 17.7. The number of H-pyrrole nitrogens is 3. The Kier molecular flexibility index (Phi) is 22.4. The molecule has 0 aliphatic carbocycles. The van der Waals surface area contributed by atoms with Crippen LogP contribution in [-0.2, 0) is 38.7 Å². The summed E-state index contributed by atoms with van der Waals surface area (Å²) in [5, 5.41) is 14.2. The number of hydrogen-bond acceptors (Lipinski definition) is 8. The number of carboxylic acids is 1. The predicted octanol–water partition coefficient (Wildman–Crippen LogP) is 11.2. The number of ether oxygens (including phenoxy) is 2. The van der Waals surface area contributed by atoms with E-state index in [4.69, 9.17) is 72.6 Å². The van der Waals surface area contributed by atoms with E-state index in [-0.39, 0.29) is 28.8 Å². The van der Waals surface area contributed by atoms with Crippen LogP contribution in [0.5, 0.6) is 0 Å². The summed E-state index contributed by atoms with van der Waals surface area (Å²) >= 11 is 27.0. The van der Waals surface area contributed by atoms with Crippen LogP contribution in [0.25, 0.3) is 0 Å². The topological polar surface area (TPSA) is 190 Å². The van der Waals surface area contributed by atoms with Crippen molar-refractivity contribution in [2.75, 3.05) is 33.7 Å². The fourth-order valence-electron chi connectivity index (χ4n) is 5.53. The summed E-state index contributed by atoms with van der Waals surface area (Å²) in [5.74, 6) is -2.00. The maximum atomic E-state index is 11.9. The van der Waals surface area contributed by atoms with Gasteiger partial charge in [-0.05, 0) is 122 Å². The molecule has 19 heteroatoms. The van der Waals surface area contributed by atoms with Crippen LogP contribution in [0.3, 0.4) is 0 Å². The number of rotatable bonds is 14. The largest absolute Gasteiger partial charge is 0.477 e. The number of carboxylic acid groups (broad SMARTS) is 1. The van der Waals surface area contributed by atoms with Crippen molar-refractivity contribution >= 4 is 105 Å². The molecule has 0 spiro atoms. The normalized spacial score (nSPS) is 10.1. The van der Waals surface area contributed by atoms with Gasteiger partial charge < -0.3 is 44.6 Å². The fourth-order valence-corrected chi connectivity index (χ4v) is 5.90. The highest BCUT2D eigenvalue weighted by molar-refractivity contribution is 6.40. The van der Waals surface area contributed by atoms with E-state index < -0.39 is 11.9 Å². The van der Waals surface area contributed by atoms with Crippen LogP contribution in [0.15, 0.2) is 110 Å². The highest BCUT2D eigenvalue weighted by Crippen LogP contribution is 2.23. The molecule has 3 aromatic carbocycles. The average molecular weight is 977 g/mol. The Labute approximate surface area is 395 Å². The van der Waals surface area contributed by atoms with Crippen molar-refractivity contribution in [3.63, 3.8) is 0 Å². The van der Waals surface area contributed by atoms with Gasteiger partial charge >= 0.3 is 17.9 Å². The van der Waals surface area contributed by atoms with E-state index in [0.717, 1.165) is 22.5 Å². The lowest BCUT2D eigenvalue weighted by molar-refractivity contribution is -0.117. The molecular formula is C45H47Cl5N6O8. The van der Waals surface area contributed by atoms with Crippen molar-refractivity contribution in [2.45, 2.75) is 47.3 Å². The van der Waals surface area contributed by atoms with E-state index in [1.54, 1.807) is 103 Å². The summed E-state index contributed by atoms with van der Waals surface area (Å²) in [6.07, 6.45) is 5.06. The molecule has 6 aromatic rings. The molecule has 14 nitrogen and oxygen atoms in total. The molecule has 0 saturated heterocycles. The molecule has 0 radical (unpaired) electrons. The molecule has 3 heterocycles. The molecule has 3 aromatic heterocycles. The zero-order chi connectivity index (χ0) is 47.2. The van der Waals surface area contributed by atoms with Crippen molar-refractivity contribution in [1.82, 2.24) is 15.0 Å². The third-order valence-electron chi connectivity index (χ3n) is 8.51. The zero-order valence-corrected chi connectivity index (χ0v) is 39.0. The van der Waals surface area contributed by atoms with Crippen molar-refractivity contribution in [3.8, 4) is 0 Å².